The first-order valence-electron chi connectivity index (χ1n) is 23.1. The lowest BCUT2D eigenvalue weighted by Gasteiger charge is -2.13. The molecule has 0 unspecified atom stereocenters. The van der Waals surface area contributed by atoms with Gasteiger partial charge in [0.2, 0.25) is 0 Å². The molecule has 4 heteroatoms. The van der Waals surface area contributed by atoms with Gasteiger partial charge in [0.05, 0.1) is 21.9 Å². The first kappa shape index (κ1) is 16.4. The van der Waals surface area contributed by atoms with Crippen molar-refractivity contribution in [3.05, 3.63) is 176 Å². The van der Waals surface area contributed by atoms with Gasteiger partial charge in [-0.2, -0.15) is 0 Å². The van der Waals surface area contributed by atoms with Gasteiger partial charge in [-0.3, -0.25) is 0 Å². The molecular weight excluding hydrogens is 599 g/mol. The van der Waals surface area contributed by atoms with Gasteiger partial charge in [0.25, 0.3) is 0 Å². The van der Waals surface area contributed by atoms with Crippen molar-refractivity contribution in [2.75, 3.05) is 0 Å². The SMILES string of the molecule is [2H]c1c([2H])c([2H])c(-c2c([2H])c([2H])c(-c3nc(-c4cc(-c5ccccc5)cc(-c5ccccc5)c4)nc(-c4c([2H])c([2H])c([2H])c5oc6c([2H])c([2H])c([2H])c([2H])c6c45)n3)c([2H])c2[2H])c([2H])c1[2H]. The second-order valence-electron chi connectivity index (χ2n) is 10.8. The van der Waals surface area contributed by atoms with Crippen molar-refractivity contribution >= 4 is 21.9 Å². The van der Waals surface area contributed by atoms with Crippen molar-refractivity contribution in [1.29, 1.82) is 0 Å². The summed E-state index contributed by atoms with van der Waals surface area (Å²) >= 11 is 0. The van der Waals surface area contributed by atoms with Crippen LogP contribution in [0.1, 0.15) is 21.9 Å². The summed E-state index contributed by atoms with van der Waals surface area (Å²) in [6.07, 6.45) is 0. The third-order valence-electron chi connectivity index (χ3n) is 7.81. The van der Waals surface area contributed by atoms with Crippen LogP contribution in [0.4, 0.5) is 0 Å². The third-order valence-corrected chi connectivity index (χ3v) is 7.81. The zero-order valence-corrected chi connectivity index (χ0v) is 25.3. The van der Waals surface area contributed by atoms with E-state index in [4.69, 9.17) is 32.2 Å². The molecule has 0 bridgehead atoms. The molecule has 0 spiro atoms. The van der Waals surface area contributed by atoms with Gasteiger partial charge in [-0.25, -0.2) is 15.0 Å². The van der Waals surface area contributed by atoms with Crippen LogP contribution in [0.3, 0.4) is 0 Å². The molecule has 9 rings (SSSR count). The number of hydrogen-bond donors (Lipinski definition) is 0. The van der Waals surface area contributed by atoms with Crippen LogP contribution in [0.25, 0.3) is 89.5 Å². The molecule has 7 aromatic carbocycles. The molecule has 9 aromatic rings. The normalized spacial score (nSPS) is 15.8. The van der Waals surface area contributed by atoms with Crippen molar-refractivity contribution in [3.63, 3.8) is 0 Å². The lowest BCUT2D eigenvalue weighted by Crippen LogP contribution is -2.01. The van der Waals surface area contributed by atoms with E-state index in [2.05, 4.69) is 4.98 Å². The quantitative estimate of drug-likeness (QED) is 0.181. The summed E-state index contributed by atoms with van der Waals surface area (Å²) in [5, 5.41) is -0.420. The molecule has 4 nitrogen and oxygen atoms in total. The first-order chi connectivity index (χ1) is 30.9. The molecule has 0 amide bonds. The average Bonchev–Trinajstić information content (AvgIpc) is 3.72. The molecule has 2 heterocycles. The van der Waals surface area contributed by atoms with Crippen molar-refractivity contribution < 1.29 is 26.3 Å². The van der Waals surface area contributed by atoms with Crippen LogP contribution in [0, 0.1) is 0 Å². The van der Waals surface area contributed by atoms with Gasteiger partial charge < -0.3 is 4.42 Å². The molecule has 0 saturated carbocycles. The minimum Gasteiger partial charge on any atom is -0.456 e. The lowest BCUT2D eigenvalue weighted by molar-refractivity contribution is 0.669. The topological polar surface area (TPSA) is 51.8 Å². The van der Waals surface area contributed by atoms with E-state index in [0.717, 1.165) is 11.1 Å². The Hall–Kier alpha value is -6.65. The molecule has 0 aliphatic carbocycles. The van der Waals surface area contributed by atoms with Gasteiger partial charge in [0, 0.05) is 27.5 Å². The Morgan fingerprint density at radius 2 is 0.918 bits per heavy atom. The highest BCUT2D eigenvalue weighted by molar-refractivity contribution is 6.11. The predicted octanol–water partition coefficient (Wildman–Crippen LogP) is 11.8. The van der Waals surface area contributed by atoms with E-state index < -0.39 is 125 Å². The molecule has 0 aliphatic heterocycles. The minimum absolute atomic E-state index is 0.129. The summed E-state index contributed by atoms with van der Waals surface area (Å²) in [7, 11) is 0. The van der Waals surface area contributed by atoms with Gasteiger partial charge in [-0.05, 0) is 63.7 Å². The summed E-state index contributed by atoms with van der Waals surface area (Å²) in [5.74, 6) is -1.03. The summed E-state index contributed by atoms with van der Waals surface area (Å²) in [6, 6.07) is 13.1. The molecule has 0 atom stereocenters. The zero-order chi connectivity index (χ0) is 46.5. The number of aromatic nitrogens is 3. The Labute approximate surface area is 306 Å². The number of furan rings is 1. The van der Waals surface area contributed by atoms with Gasteiger partial charge >= 0.3 is 0 Å². The summed E-state index contributed by atoms with van der Waals surface area (Å²) in [5.41, 5.74) is 0.710. The third kappa shape index (κ3) is 5.45. The van der Waals surface area contributed by atoms with E-state index >= 15 is 0 Å². The molecule has 0 fully saturated rings. The fraction of sp³-hybridized carbons (Fsp3) is 0. The molecule has 0 N–H and O–H groups in total. The largest absolute Gasteiger partial charge is 0.456 e. The highest BCUT2D eigenvalue weighted by Gasteiger charge is 2.19. The number of benzene rings is 7. The van der Waals surface area contributed by atoms with Gasteiger partial charge in [0.15, 0.2) is 17.5 Å². The van der Waals surface area contributed by atoms with Crippen LogP contribution in [0.5, 0.6) is 0 Å². The fourth-order valence-electron chi connectivity index (χ4n) is 5.53. The second kappa shape index (κ2) is 12.2. The van der Waals surface area contributed by atoms with Crippen LogP contribution in [-0.4, -0.2) is 15.0 Å². The van der Waals surface area contributed by atoms with E-state index in [1.807, 2.05) is 66.7 Å². The Bertz CT molecular complexity index is 3390. The minimum atomic E-state index is -0.784. The summed E-state index contributed by atoms with van der Waals surface area (Å²) in [4.78, 5) is 14.1. The summed E-state index contributed by atoms with van der Waals surface area (Å²) < 4.78 is 145. The smallest absolute Gasteiger partial charge is 0.164 e. The molecule has 0 aliphatic rings. The Morgan fingerprint density at radius 3 is 1.61 bits per heavy atom. The standard InChI is InChI=1S/C45H29N3O/c1-4-13-30(14-5-1)33-23-25-34(26-24-33)43-46-44(48-45(47-43)39-20-12-22-41-42(39)38-19-10-11-21-40(38)49-41)37-28-35(31-15-6-2-7-16-31)27-36(29-37)32-17-8-3-9-18-32/h1-29H/i1D,4D,5D,10D,11D,12D,13D,14D,19D,20D,21D,22D,23D,24D,25D,26D. The van der Waals surface area contributed by atoms with Crippen molar-refractivity contribution in [3.8, 4) is 67.5 Å². The highest BCUT2D eigenvalue weighted by atomic mass is 16.3. The number of fused-ring (bicyclic) bond motifs is 3. The molecule has 2 aromatic heterocycles. The summed E-state index contributed by atoms with van der Waals surface area (Å²) in [6.45, 7) is 0. The van der Waals surface area contributed by atoms with Gasteiger partial charge in [0.1, 0.15) is 11.2 Å². The monoisotopic (exact) mass is 643 g/mol. The van der Waals surface area contributed by atoms with Crippen LogP contribution in [-0.2, 0) is 0 Å². The average molecular weight is 644 g/mol. The van der Waals surface area contributed by atoms with E-state index in [1.165, 1.54) is 0 Å². The molecular formula is C45H29N3O. The predicted molar refractivity (Wildman–Crippen MR) is 200 cm³/mol. The number of nitrogens with zero attached hydrogens (tertiary/aromatic N) is 3. The lowest BCUT2D eigenvalue weighted by atomic mass is 9.96. The molecule has 230 valence electrons. The Morgan fingerprint density at radius 1 is 0.388 bits per heavy atom. The second-order valence-corrected chi connectivity index (χ2v) is 10.8. The van der Waals surface area contributed by atoms with Crippen LogP contribution in [0.15, 0.2) is 180 Å². The van der Waals surface area contributed by atoms with Crippen LogP contribution >= 0.6 is 0 Å². The number of para-hydroxylation sites is 1. The number of hydrogen-bond acceptors (Lipinski definition) is 4. The van der Waals surface area contributed by atoms with Gasteiger partial charge in [-0.1, -0.05) is 145 Å². The van der Waals surface area contributed by atoms with Crippen molar-refractivity contribution in [1.82, 2.24) is 15.0 Å². The molecule has 49 heavy (non-hydrogen) atoms. The van der Waals surface area contributed by atoms with Gasteiger partial charge in [-0.15, -0.1) is 0 Å². The Balaban J connectivity index is 1.42. The van der Waals surface area contributed by atoms with Crippen molar-refractivity contribution in [2.45, 2.75) is 0 Å². The maximum atomic E-state index is 9.27. The first-order valence-corrected chi connectivity index (χ1v) is 15.1. The van der Waals surface area contributed by atoms with E-state index in [9.17, 15) is 4.11 Å². The highest BCUT2D eigenvalue weighted by Crippen LogP contribution is 2.38. The maximum Gasteiger partial charge on any atom is 0.164 e. The molecule has 0 radical (unpaired) electrons. The van der Waals surface area contributed by atoms with Crippen LogP contribution < -0.4 is 0 Å². The van der Waals surface area contributed by atoms with Crippen molar-refractivity contribution in [2.24, 2.45) is 0 Å². The van der Waals surface area contributed by atoms with E-state index in [-0.39, 0.29) is 33.3 Å². The fourth-order valence-corrected chi connectivity index (χ4v) is 5.53. The zero-order valence-electron chi connectivity index (χ0n) is 41.3. The van der Waals surface area contributed by atoms with Crippen LogP contribution in [0.2, 0.25) is 0 Å². The molecule has 0 saturated heterocycles. The Kier molecular flexibility index (Phi) is 4.09. The van der Waals surface area contributed by atoms with E-state index in [1.54, 1.807) is 12.1 Å². The van der Waals surface area contributed by atoms with E-state index in [0.29, 0.717) is 16.7 Å². The number of rotatable bonds is 6. The maximum absolute atomic E-state index is 9.27.